The molecule has 0 bridgehead atoms. The van der Waals surface area contributed by atoms with Gasteiger partial charge in [0.05, 0.1) is 11.5 Å². The molecule has 1 N–H and O–H groups in total. The Morgan fingerprint density at radius 3 is 3.00 bits per heavy atom. The summed E-state index contributed by atoms with van der Waals surface area (Å²) >= 11 is 0. The van der Waals surface area contributed by atoms with Crippen molar-refractivity contribution in [3.05, 3.63) is 33.9 Å². The van der Waals surface area contributed by atoms with Crippen LogP contribution in [0.15, 0.2) is 18.2 Å². The number of nitro groups is 1. The molecule has 116 valence electrons. The van der Waals surface area contributed by atoms with Gasteiger partial charge in [0, 0.05) is 38.9 Å². The summed E-state index contributed by atoms with van der Waals surface area (Å²) in [6.07, 6.45) is 1.97. The third kappa shape index (κ3) is 4.68. The zero-order valence-electron chi connectivity index (χ0n) is 12.5. The second-order valence-corrected chi connectivity index (χ2v) is 5.28. The number of nitrogens with one attached hydrogen (secondary N) is 1. The van der Waals surface area contributed by atoms with Crippen LogP contribution < -0.4 is 5.32 Å². The van der Waals surface area contributed by atoms with Gasteiger partial charge in [-0.15, -0.1) is 0 Å². The number of benzene rings is 1. The largest absolute Gasteiger partial charge is 0.380 e. The Bertz CT molecular complexity index is 471. The molecule has 21 heavy (non-hydrogen) atoms. The van der Waals surface area contributed by atoms with Crippen LogP contribution in [-0.4, -0.2) is 42.7 Å². The monoisotopic (exact) mass is 293 g/mol. The van der Waals surface area contributed by atoms with Gasteiger partial charge in [-0.3, -0.25) is 15.0 Å². The summed E-state index contributed by atoms with van der Waals surface area (Å²) in [6, 6.07) is 5.35. The highest BCUT2D eigenvalue weighted by Crippen LogP contribution is 2.26. The maximum Gasteiger partial charge on any atom is 0.292 e. The van der Waals surface area contributed by atoms with Gasteiger partial charge in [-0.1, -0.05) is 13.0 Å². The lowest BCUT2D eigenvalue weighted by Crippen LogP contribution is -2.25. The van der Waals surface area contributed by atoms with E-state index in [0.717, 1.165) is 57.8 Å². The van der Waals surface area contributed by atoms with E-state index < -0.39 is 0 Å². The van der Waals surface area contributed by atoms with Gasteiger partial charge in [-0.25, -0.2) is 0 Å². The number of hydrogen-bond acceptors (Lipinski definition) is 5. The van der Waals surface area contributed by atoms with Gasteiger partial charge in [0.15, 0.2) is 0 Å². The summed E-state index contributed by atoms with van der Waals surface area (Å²) in [5, 5.41) is 14.2. The zero-order valence-corrected chi connectivity index (χ0v) is 12.5. The molecule has 0 unspecified atom stereocenters. The summed E-state index contributed by atoms with van der Waals surface area (Å²) in [5.74, 6) is 0. The van der Waals surface area contributed by atoms with E-state index in [4.69, 9.17) is 4.74 Å². The second kappa shape index (κ2) is 7.95. The standard InChI is InChI=1S/C15H23N3O3/c1-2-6-16-14-11-13(4-5-15(14)18(19)20)12-17-7-3-9-21-10-8-17/h4-5,11,16H,2-3,6-10,12H2,1H3. The first kappa shape index (κ1) is 15.7. The number of hydrogen-bond donors (Lipinski definition) is 1. The quantitative estimate of drug-likeness (QED) is 0.645. The molecule has 1 saturated heterocycles. The van der Waals surface area contributed by atoms with E-state index in [9.17, 15) is 10.1 Å². The van der Waals surface area contributed by atoms with Crippen molar-refractivity contribution in [1.29, 1.82) is 0 Å². The van der Waals surface area contributed by atoms with Crippen LogP contribution in [-0.2, 0) is 11.3 Å². The Hall–Kier alpha value is -1.66. The van der Waals surface area contributed by atoms with Crippen molar-refractivity contribution in [3.63, 3.8) is 0 Å². The minimum atomic E-state index is -0.332. The highest BCUT2D eigenvalue weighted by molar-refractivity contribution is 5.62. The molecule has 1 aromatic carbocycles. The molecule has 1 aliphatic rings. The molecule has 1 fully saturated rings. The van der Waals surface area contributed by atoms with Crippen LogP contribution in [0, 0.1) is 10.1 Å². The third-order valence-corrected chi connectivity index (χ3v) is 3.54. The van der Waals surface area contributed by atoms with E-state index in [1.165, 1.54) is 0 Å². The van der Waals surface area contributed by atoms with Crippen molar-refractivity contribution in [2.45, 2.75) is 26.3 Å². The number of nitrogens with zero attached hydrogens (tertiary/aromatic N) is 2. The molecule has 0 saturated carbocycles. The molecular weight excluding hydrogens is 270 g/mol. The van der Waals surface area contributed by atoms with Gasteiger partial charge in [-0.2, -0.15) is 0 Å². The molecule has 2 rings (SSSR count). The van der Waals surface area contributed by atoms with Crippen molar-refractivity contribution >= 4 is 11.4 Å². The molecule has 0 atom stereocenters. The Labute approximate surface area is 125 Å². The zero-order chi connectivity index (χ0) is 15.1. The molecular formula is C15H23N3O3. The van der Waals surface area contributed by atoms with Gasteiger partial charge in [0.1, 0.15) is 5.69 Å². The van der Waals surface area contributed by atoms with E-state index in [1.807, 2.05) is 19.1 Å². The first-order valence-electron chi connectivity index (χ1n) is 7.52. The SMILES string of the molecule is CCCNc1cc(CN2CCCOCC2)ccc1[N+](=O)[O-]. The summed E-state index contributed by atoms with van der Waals surface area (Å²) in [6.45, 7) is 7.08. The number of nitro benzene ring substituents is 1. The first-order valence-corrected chi connectivity index (χ1v) is 7.52. The average molecular weight is 293 g/mol. The topological polar surface area (TPSA) is 67.6 Å². The summed E-state index contributed by atoms with van der Waals surface area (Å²) in [5.41, 5.74) is 1.86. The van der Waals surface area contributed by atoms with Gasteiger partial charge >= 0.3 is 0 Å². The molecule has 0 amide bonds. The van der Waals surface area contributed by atoms with Crippen LogP contribution in [0.1, 0.15) is 25.3 Å². The predicted molar refractivity (Wildman–Crippen MR) is 82.6 cm³/mol. The first-order chi connectivity index (χ1) is 10.2. The fourth-order valence-electron chi connectivity index (χ4n) is 2.46. The van der Waals surface area contributed by atoms with E-state index in [0.29, 0.717) is 5.69 Å². The molecule has 0 aromatic heterocycles. The predicted octanol–water partition coefficient (Wildman–Crippen LogP) is 2.64. The third-order valence-electron chi connectivity index (χ3n) is 3.54. The lowest BCUT2D eigenvalue weighted by Gasteiger charge is -2.19. The Morgan fingerprint density at radius 1 is 1.38 bits per heavy atom. The van der Waals surface area contributed by atoms with Crippen molar-refractivity contribution in [2.24, 2.45) is 0 Å². The van der Waals surface area contributed by atoms with Gasteiger partial charge in [-0.05, 0) is 24.5 Å². The normalized spacial score (nSPS) is 16.4. The van der Waals surface area contributed by atoms with Crippen molar-refractivity contribution in [2.75, 3.05) is 38.2 Å². The molecule has 0 aliphatic carbocycles. The lowest BCUT2D eigenvalue weighted by atomic mass is 10.1. The molecule has 1 aromatic rings. The lowest BCUT2D eigenvalue weighted by molar-refractivity contribution is -0.384. The van der Waals surface area contributed by atoms with Crippen molar-refractivity contribution in [1.82, 2.24) is 4.90 Å². The number of ether oxygens (including phenoxy) is 1. The Morgan fingerprint density at radius 2 is 2.24 bits per heavy atom. The van der Waals surface area contributed by atoms with Crippen LogP contribution in [0.4, 0.5) is 11.4 Å². The molecule has 0 radical (unpaired) electrons. The second-order valence-electron chi connectivity index (χ2n) is 5.28. The summed E-state index contributed by atoms with van der Waals surface area (Å²) < 4.78 is 5.45. The molecule has 1 heterocycles. The maximum absolute atomic E-state index is 11.1. The molecule has 6 heteroatoms. The van der Waals surface area contributed by atoms with E-state index in [1.54, 1.807) is 6.07 Å². The maximum atomic E-state index is 11.1. The minimum Gasteiger partial charge on any atom is -0.380 e. The van der Waals surface area contributed by atoms with E-state index in [2.05, 4.69) is 10.2 Å². The van der Waals surface area contributed by atoms with E-state index >= 15 is 0 Å². The van der Waals surface area contributed by atoms with Crippen LogP contribution in [0.5, 0.6) is 0 Å². The highest BCUT2D eigenvalue weighted by Gasteiger charge is 2.15. The fourth-order valence-corrected chi connectivity index (χ4v) is 2.46. The fraction of sp³-hybridized carbons (Fsp3) is 0.600. The van der Waals surface area contributed by atoms with Crippen LogP contribution in [0.2, 0.25) is 0 Å². The smallest absolute Gasteiger partial charge is 0.292 e. The van der Waals surface area contributed by atoms with Crippen LogP contribution >= 0.6 is 0 Å². The number of rotatable bonds is 6. The molecule has 0 spiro atoms. The van der Waals surface area contributed by atoms with E-state index in [-0.39, 0.29) is 10.6 Å². The van der Waals surface area contributed by atoms with Crippen LogP contribution in [0.3, 0.4) is 0 Å². The van der Waals surface area contributed by atoms with Gasteiger partial charge in [0.25, 0.3) is 5.69 Å². The van der Waals surface area contributed by atoms with Crippen molar-refractivity contribution < 1.29 is 9.66 Å². The van der Waals surface area contributed by atoms with Gasteiger partial charge < -0.3 is 10.1 Å². The number of anilines is 1. The Balaban J connectivity index is 2.10. The highest BCUT2D eigenvalue weighted by atomic mass is 16.6. The summed E-state index contributed by atoms with van der Waals surface area (Å²) in [4.78, 5) is 13.1. The minimum absolute atomic E-state index is 0.145. The summed E-state index contributed by atoms with van der Waals surface area (Å²) in [7, 11) is 0. The molecule has 1 aliphatic heterocycles. The Kier molecular flexibility index (Phi) is 5.95. The van der Waals surface area contributed by atoms with Gasteiger partial charge in [0.2, 0.25) is 0 Å². The van der Waals surface area contributed by atoms with Crippen LogP contribution in [0.25, 0.3) is 0 Å². The van der Waals surface area contributed by atoms with Crippen molar-refractivity contribution in [3.8, 4) is 0 Å². The average Bonchev–Trinajstić information content (AvgIpc) is 2.73. The molecule has 6 nitrogen and oxygen atoms in total.